The Labute approximate surface area is 817 Å². The molecule has 5 aliphatic rings. The van der Waals surface area contributed by atoms with E-state index in [0.717, 1.165) is 169 Å². The number of fused-ring (bicyclic) bond motifs is 10. The van der Waals surface area contributed by atoms with Gasteiger partial charge in [0.15, 0.2) is 10.6 Å². The summed E-state index contributed by atoms with van der Waals surface area (Å²) in [6.07, 6.45) is 16.0. The van der Waals surface area contributed by atoms with Crippen LogP contribution in [-0.2, 0) is 0 Å². The van der Waals surface area contributed by atoms with Gasteiger partial charge in [-0.1, -0.05) is 23.7 Å². The van der Waals surface area contributed by atoms with E-state index in [1.165, 1.54) is 12.3 Å². The molecule has 0 unspecified atom stereocenters. The van der Waals surface area contributed by atoms with Gasteiger partial charge in [0.05, 0.1) is 61.3 Å². The van der Waals surface area contributed by atoms with E-state index in [4.69, 9.17) is 33.7 Å². The Balaban J connectivity index is 0.000000105. The third-order valence-corrected chi connectivity index (χ3v) is 28.9. The van der Waals surface area contributed by atoms with E-state index < -0.39 is 11.3 Å². The molecule has 25 rings (SSSR count). The summed E-state index contributed by atoms with van der Waals surface area (Å²) in [5, 5.41) is 13.9. The molecule has 5 saturated heterocycles. The number of nitrogens with zero attached hydrogens (tertiary/aromatic N) is 18. The van der Waals surface area contributed by atoms with Crippen molar-refractivity contribution >= 4 is 134 Å². The molecule has 0 amide bonds. The Morgan fingerprint density at radius 2 is 0.730 bits per heavy atom. The van der Waals surface area contributed by atoms with Crippen molar-refractivity contribution in [1.29, 1.82) is 0 Å². The van der Waals surface area contributed by atoms with Gasteiger partial charge < -0.3 is 79.7 Å². The molecule has 0 bridgehead atoms. The van der Waals surface area contributed by atoms with Crippen molar-refractivity contribution in [3.63, 3.8) is 0 Å². The third kappa shape index (κ3) is 19.2. The second kappa shape index (κ2) is 38.7. The Kier molecular flexibility index (Phi) is 25.4. The van der Waals surface area contributed by atoms with Gasteiger partial charge in [-0.05, 0) is 209 Å². The first-order valence-corrected chi connectivity index (χ1v) is 48.8. The fourth-order valence-corrected chi connectivity index (χ4v) is 20.6. The summed E-state index contributed by atoms with van der Waals surface area (Å²) >= 11 is 7.79. The highest BCUT2D eigenvalue weighted by Gasteiger charge is 2.31. The number of piperazine rings is 5. The molecule has 5 aromatic carbocycles. The Morgan fingerprint density at radius 1 is 0.369 bits per heavy atom. The van der Waals surface area contributed by atoms with E-state index in [1.807, 2.05) is 190 Å². The zero-order chi connectivity index (χ0) is 97.3. The zero-order valence-corrected chi connectivity index (χ0v) is 81.3. The Hall–Kier alpha value is -14.9. The number of nitrogens with one attached hydrogen (secondary N) is 2. The lowest BCUT2D eigenvalue weighted by atomic mass is 10.1. The normalized spacial score (nSPS) is 18.5. The second-order valence-electron chi connectivity index (χ2n) is 37.6. The van der Waals surface area contributed by atoms with Crippen LogP contribution in [0.15, 0.2) is 289 Å². The number of anilines is 5. The van der Waals surface area contributed by atoms with Crippen molar-refractivity contribution in [3.05, 3.63) is 312 Å². The summed E-state index contributed by atoms with van der Waals surface area (Å²) in [7, 11) is 6.46. The van der Waals surface area contributed by atoms with Gasteiger partial charge in [0, 0.05) is 280 Å². The summed E-state index contributed by atoms with van der Waals surface area (Å²) in [5.74, 6) is -0.363. The molecule has 15 aromatic heterocycles. The molecule has 6 atom stereocenters. The number of likely N-dealkylation sites (N-methyl/N-ethyl adjacent to an activating group) is 3. The van der Waals surface area contributed by atoms with Crippen LogP contribution in [0, 0.1) is 12.7 Å². The molecule has 0 saturated carbocycles. The van der Waals surface area contributed by atoms with Crippen LogP contribution in [0.25, 0.3) is 139 Å². The number of imidazole rings is 5. The lowest BCUT2D eigenvalue weighted by molar-refractivity contribution is 0.170. The van der Waals surface area contributed by atoms with Crippen LogP contribution in [-0.4, -0.2) is 211 Å². The van der Waals surface area contributed by atoms with Gasteiger partial charge >= 0.3 is 28.1 Å². The average molecular weight is 1930 g/mol. The van der Waals surface area contributed by atoms with Gasteiger partial charge in [0.25, 0.3) is 0 Å². The number of halogens is 2. The molecule has 5 fully saturated rings. The van der Waals surface area contributed by atoms with Gasteiger partial charge in [0.1, 0.15) is 50.7 Å². The Bertz CT molecular complexity index is 8370. The summed E-state index contributed by atoms with van der Waals surface area (Å²) < 4.78 is 50.9. The quantitative estimate of drug-likeness (QED) is 0.120. The predicted octanol–water partition coefficient (Wildman–Crippen LogP) is 17.1. The number of hydrogen-bond donors (Lipinski definition) is 2. The van der Waals surface area contributed by atoms with Crippen LogP contribution < -0.4 is 63.3 Å². The molecule has 20 aromatic rings. The lowest BCUT2D eigenvalue weighted by Crippen LogP contribution is -2.55. The molecule has 30 nitrogen and oxygen atoms in total. The van der Waals surface area contributed by atoms with Crippen LogP contribution in [0.5, 0.6) is 0 Å². The maximum Gasteiger partial charge on any atom is 0.345 e. The van der Waals surface area contributed by atoms with Crippen molar-refractivity contribution in [1.82, 2.24) is 72.3 Å². The first-order chi connectivity index (χ1) is 68.2. The minimum Gasteiger partial charge on any atom is -0.422 e. The topological polar surface area (TPSA) is 288 Å². The minimum absolute atomic E-state index is 0.349. The summed E-state index contributed by atoms with van der Waals surface area (Å²) in [6.45, 7) is 28.8. The highest BCUT2D eigenvalue weighted by Crippen LogP contribution is 2.36. The van der Waals surface area contributed by atoms with Crippen LogP contribution in [0.4, 0.5) is 32.8 Å². The maximum atomic E-state index is 13.4. The van der Waals surface area contributed by atoms with Crippen LogP contribution in [0.1, 0.15) is 47.2 Å². The molecule has 5 aliphatic heterocycles. The van der Waals surface area contributed by atoms with Crippen molar-refractivity contribution in [3.8, 4) is 56.3 Å². The van der Waals surface area contributed by atoms with Crippen molar-refractivity contribution < 1.29 is 26.5 Å². The lowest BCUT2D eigenvalue weighted by Gasteiger charge is -2.43. The summed E-state index contributed by atoms with van der Waals surface area (Å²) in [5.41, 5.74) is 15.5. The number of aromatic nitrogens is 10. The second-order valence-corrected chi connectivity index (χ2v) is 38.8. The molecule has 141 heavy (non-hydrogen) atoms. The molecule has 2 N–H and O–H groups in total. The molecule has 0 aliphatic carbocycles. The standard InChI is InChI=1S/C23H23ClN4O2.C23H24N4O2.C22H22N4O2.C21H19FN4O2.C19H18N4O2S/c1-14-11-28(12-15(2)26(14)3)17-7-6-16-9-18(23(29)30-21(16)10-17)20-13-27-8-4-5-19(24)22(27)25-20;1-15-12-27(13-16(2)25(15)3)18-8-7-17-10-19(23(28)29-21(17)11-18)20-14-26-9-5-4-6-22(26)24-20;1-14-11-26(12-15(2)23-14)17-7-6-16-9-18(22(27)28-20(16)10-17)19-13-25-8-4-3-5-21(25)24-19;1-24-6-8-25(9-7-24)16-4-2-14-10-17(21(27)28-19(14)11-16)18-13-26-12-15(22)3-5-20(26)23-18;1-12-11-26-19-21-16(10-23(12)19)15-8-13-2-3-14(9-17(13)25-18(15)24)22-6-4-20-5-7-22/h4-10,13-15H,11-12H2,1-3H3;4-11,14-16H,12-13H2,1-3H3;3-10,13-15,23H,11-12H2,1-2H3;2-5,10-13H,6-9H2,1H3;2-3,8-11,20H,4-7H2,1H3/t14-,15+;15-,16+;14-,15+;;. The highest BCUT2D eigenvalue weighted by molar-refractivity contribution is 7.15. The third-order valence-electron chi connectivity index (χ3n) is 27.7. The number of aryl methyl sites for hydroxylation is 1. The number of benzene rings is 5. The number of thiazole rings is 1. The van der Waals surface area contributed by atoms with Crippen molar-refractivity contribution in [2.24, 2.45) is 0 Å². The number of rotatable bonds is 10. The van der Waals surface area contributed by atoms with Crippen LogP contribution >= 0.6 is 22.9 Å². The molecule has 33 heteroatoms. The molecule has 20 heterocycles. The van der Waals surface area contributed by atoms with Gasteiger partial charge in [-0.3, -0.25) is 14.2 Å². The molecular weight excluding hydrogens is 1820 g/mol. The van der Waals surface area contributed by atoms with E-state index in [9.17, 15) is 28.4 Å². The summed E-state index contributed by atoms with van der Waals surface area (Å²) in [4.78, 5) is 106. The van der Waals surface area contributed by atoms with Gasteiger partial charge in [-0.25, -0.2) is 53.3 Å². The largest absolute Gasteiger partial charge is 0.422 e. The first-order valence-electron chi connectivity index (χ1n) is 47.6. The van der Waals surface area contributed by atoms with Gasteiger partial charge in [-0.15, -0.1) is 11.3 Å². The van der Waals surface area contributed by atoms with E-state index in [1.54, 1.807) is 50.7 Å². The smallest absolute Gasteiger partial charge is 0.345 e. The highest BCUT2D eigenvalue weighted by atomic mass is 35.5. The minimum atomic E-state index is -0.452. The van der Waals surface area contributed by atoms with Crippen molar-refractivity contribution in [2.75, 3.05) is 137 Å². The molecular formula is C108H106ClFN20O10S. The predicted molar refractivity (Wildman–Crippen MR) is 558 cm³/mol. The monoisotopic (exact) mass is 1930 g/mol. The van der Waals surface area contributed by atoms with Crippen LogP contribution in [0.2, 0.25) is 5.02 Å². The van der Waals surface area contributed by atoms with Gasteiger partial charge in [-0.2, -0.15) is 0 Å². The molecule has 0 spiro atoms. The van der Waals surface area contributed by atoms with E-state index in [-0.39, 0.29) is 22.7 Å². The van der Waals surface area contributed by atoms with Crippen LogP contribution in [0.3, 0.4) is 0 Å². The molecule has 718 valence electrons. The van der Waals surface area contributed by atoms with E-state index >= 15 is 0 Å². The number of hydrogen-bond acceptors (Lipinski definition) is 26. The first kappa shape index (κ1) is 92.5. The Morgan fingerprint density at radius 3 is 1.13 bits per heavy atom. The van der Waals surface area contributed by atoms with E-state index in [0.29, 0.717) is 137 Å². The fraction of sp³-hybridized carbons (Fsp3) is 0.278. The zero-order valence-electron chi connectivity index (χ0n) is 79.8. The van der Waals surface area contributed by atoms with Crippen molar-refractivity contribution in [2.45, 2.75) is 84.7 Å². The SMILES string of the molecule is CN1CCN(c2ccc3cc(-c4cn5cc(F)ccc5n4)c(=O)oc3c2)CC1.C[C@@H]1CN(c2ccc3cc(-c4cn5cccc(Cl)c5n4)c(=O)oc3c2)C[C@H](C)N1C.C[C@@H]1CN(c2ccc3cc(-c4cn5ccccc5n4)c(=O)oc3c2)C[C@H](C)N1.C[C@@H]1CN(c2ccc3cc(-c4cn5ccccc5n4)c(=O)oc3c2)C[C@H](C)N1C.Cc1csc2nc(-c3cc4ccc(N5CCNCC5)cc4oc3=O)cn12. The maximum absolute atomic E-state index is 13.4. The van der Waals surface area contributed by atoms with E-state index in [2.05, 4.69) is 168 Å². The summed E-state index contributed by atoms with van der Waals surface area (Å²) in [6, 6.07) is 60.3. The number of pyridine rings is 4. The van der Waals surface area contributed by atoms with Gasteiger partial charge in [0.2, 0.25) is 0 Å². The average Bonchev–Trinajstić information content (AvgIpc) is 1.65. The fourth-order valence-electron chi connectivity index (χ4n) is 19.5. The molecule has 0 radical (unpaired) electrons.